The lowest BCUT2D eigenvalue weighted by molar-refractivity contribution is 0.207. The van der Waals surface area contributed by atoms with Crippen LogP contribution in [0.15, 0.2) is 12.2 Å². The molecule has 0 saturated heterocycles. The fourth-order valence-electron chi connectivity index (χ4n) is 1.85. The van der Waals surface area contributed by atoms with Crippen molar-refractivity contribution in [2.24, 2.45) is 0 Å². The SMILES string of the molecule is OC1/C=C/CCCCCCCCC1. The highest BCUT2D eigenvalue weighted by molar-refractivity contribution is 4.88. The molecule has 76 valence electrons. The summed E-state index contributed by atoms with van der Waals surface area (Å²) in [4.78, 5) is 0. The summed E-state index contributed by atoms with van der Waals surface area (Å²) in [6, 6.07) is 0. The number of allylic oxidation sites excluding steroid dienone is 1. The van der Waals surface area contributed by atoms with Crippen LogP contribution in [0.1, 0.15) is 57.8 Å². The van der Waals surface area contributed by atoms with E-state index in [4.69, 9.17) is 0 Å². The lowest BCUT2D eigenvalue weighted by Crippen LogP contribution is -2.01. The summed E-state index contributed by atoms with van der Waals surface area (Å²) in [5.41, 5.74) is 0. The molecule has 1 rings (SSSR count). The summed E-state index contributed by atoms with van der Waals surface area (Å²) >= 11 is 0. The van der Waals surface area contributed by atoms with Gasteiger partial charge in [0.15, 0.2) is 0 Å². The first kappa shape index (κ1) is 10.8. The molecule has 0 heterocycles. The van der Waals surface area contributed by atoms with Crippen LogP contribution in [0.2, 0.25) is 0 Å². The molecule has 1 heteroatoms. The highest BCUT2D eigenvalue weighted by atomic mass is 16.3. The lowest BCUT2D eigenvalue weighted by atomic mass is 10.0. The molecule has 0 aromatic carbocycles. The van der Waals surface area contributed by atoms with Crippen molar-refractivity contribution in [3.63, 3.8) is 0 Å². The van der Waals surface area contributed by atoms with E-state index in [9.17, 15) is 5.11 Å². The van der Waals surface area contributed by atoms with Crippen molar-refractivity contribution >= 4 is 0 Å². The van der Waals surface area contributed by atoms with E-state index in [-0.39, 0.29) is 6.10 Å². The van der Waals surface area contributed by atoms with Gasteiger partial charge in [0.1, 0.15) is 0 Å². The van der Waals surface area contributed by atoms with Gasteiger partial charge >= 0.3 is 0 Å². The van der Waals surface area contributed by atoms with Gasteiger partial charge in [-0.25, -0.2) is 0 Å². The lowest BCUT2D eigenvalue weighted by Gasteiger charge is -2.07. The molecule has 0 amide bonds. The molecule has 1 nitrogen and oxygen atoms in total. The van der Waals surface area contributed by atoms with E-state index in [0.29, 0.717) is 0 Å². The molecule has 0 aromatic heterocycles. The Kier molecular flexibility index (Phi) is 5.92. The summed E-state index contributed by atoms with van der Waals surface area (Å²) in [5, 5.41) is 9.51. The summed E-state index contributed by atoms with van der Waals surface area (Å²) in [6.07, 6.45) is 15.3. The van der Waals surface area contributed by atoms with E-state index in [2.05, 4.69) is 6.08 Å². The highest BCUT2D eigenvalue weighted by Gasteiger charge is 1.99. The maximum absolute atomic E-state index is 9.51. The molecule has 0 aromatic rings. The number of hydrogen-bond donors (Lipinski definition) is 1. The van der Waals surface area contributed by atoms with E-state index in [1.807, 2.05) is 6.08 Å². The quantitative estimate of drug-likeness (QED) is 0.569. The van der Waals surface area contributed by atoms with Gasteiger partial charge < -0.3 is 5.11 Å². The van der Waals surface area contributed by atoms with E-state index in [1.54, 1.807) is 0 Å². The molecule has 0 fully saturated rings. The average Bonchev–Trinajstić information content (AvgIpc) is 2.11. The highest BCUT2D eigenvalue weighted by Crippen LogP contribution is 2.13. The Balaban J connectivity index is 2.22. The molecule has 0 saturated carbocycles. The predicted molar refractivity (Wildman–Crippen MR) is 56.7 cm³/mol. The predicted octanol–water partition coefficient (Wildman–Crippen LogP) is 3.43. The van der Waals surface area contributed by atoms with Gasteiger partial charge in [0.05, 0.1) is 6.10 Å². The standard InChI is InChI=1S/C12H22O/c13-12-10-8-6-4-2-1-3-5-7-9-11-12/h8,10,12-13H,1-7,9,11H2/b10-8+. The fourth-order valence-corrected chi connectivity index (χ4v) is 1.85. The van der Waals surface area contributed by atoms with Crippen LogP contribution >= 0.6 is 0 Å². The Morgan fingerprint density at radius 1 is 0.846 bits per heavy atom. The average molecular weight is 182 g/mol. The number of hydrogen-bond acceptors (Lipinski definition) is 1. The zero-order valence-electron chi connectivity index (χ0n) is 8.54. The van der Waals surface area contributed by atoms with Crippen LogP contribution in [0.5, 0.6) is 0 Å². The Morgan fingerprint density at radius 2 is 1.46 bits per heavy atom. The zero-order chi connectivity index (χ0) is 9.36. The summed E-state index contributed by atoms with van der Waals surface area (Å²) in [6.45, 7) is 0. The van der Waals surface area contributed by atoms with Crippen molar-refractivity contribution in [1.29, 1.82) is 0 Å². The number of aliphatic hydroxyl groups is 1. The van der Waals surface area contributed by atoms with E-state index < -0.39 is 0 Å². The van der Waals surface area contributed by atoms with Crippen LogP contribution in [0.25, 0.3) is 0 Å². The second-order valence-electron chi connectivity index (χ2n) is 4.05. The van der Waals surface area contributed by atoms with E-state index in [0.717, 1.165) is 12.8 Å². The molecule has 1 aliphatic rings. The Bertz CT molecular complexity index is 140. The van der Waals surface area contributed by atoms with Crippen molar-refractivity contribution in [3.8, 4) is 0 Å². The van der Waals surface area contributed by atoms with Gasteiger partial charge in [0, 0.05) is 0 Å². The third-order valence-electron chi connectivity index (χ3n) is 2.73. The van der Waals surface area contributed by atoms with Gasteiger partial charge in [-0.05, 0) is 19.3 Å². The van der Waals surface area contributed by atoms with Crippen LogP contribution in [0.3, 0.4) is 0 Å². The molecule has 0 bridgehead atoms. The minimum Gasteiger partial charge on any atom is -0.389 e. The summed E-state index contributed by atoms with van der Waals surface area (Å²) in [7, 11) is 0. The monoisotopic (exact) mass is 182 g/mol. The Hall–Kier alpha value is -0.300. The molecule has 1 atom stereocenters. The molecule has 0 aliphatic heterocycles. The largest absolute Gasteiger partial charge is 0.389 e. The number of rotatable bonds is 0. The molecule has 0 spiro atoms. The zero-order valence-corrected chi connectivity index (χ0v) is 8.54. The maximum Gasteiger partial charge on any atom is 0.0720 e. The van der Waals surface area contributed by atoms with Crippen LogP contribution < -0.4 is 0 Å². The van der Waals surface area contributed by atoms with Crippen LogP contribution in [0, 0.1) is 0 Å². The van der Waals surface area contributed by atoms with Crippen molar-refractivity contribution in [3.05, 3.63) is 12.2 Å². The first-order chi connectivity index (χ1) is 6.39. The first-order valence-corrected chi connectivity index (χ1v) is 5.74. The van der Waals surface area contributed by atoms with Gasteiger partial charge in [-0.1, -0.05) is 50.7 Å². The van der Waals surface area contributed by atoms with E-state index >= 15 is 0 Å². The minimum atomic E-state index is -0.181. The fraction of sp³-hybridized carbons (Fsp3) is 0.833. The maximum atomic E-state index is 9.51. The van der Waals surface area contributed by atoms with E-state index in [1.165, 1.54) is 44.9 Å². The normalized spacial score (nSPS) is 30.1. The molecule has 0 radical (unpaired) electrons. The van der Waals surface area contributed by atoms with Crippen molar-refractivity contribution in [1.82, 2.24) is 0 Å². The van der Waals surface area contributed by atoms with Crippen molar-refractivity contribution in [2.45, 2.75) is 63.9 Å². The molecule has 13 heavy (non-hydrogen) atoms. The molecule has 1 unspecified atom stereocenters. The van der Waals surface area contributed by atoms with Crippen molar-refractivity contribution < 1.29 is 5.11 Å². The molecular formula is C12H22O. The van der Waals surface area contributed by atoms with Crippen LogP contribution in [0.4, 0.5) is 0 Å². The van der Waals surface area contributed by atoms with Gasteiger partial charge in [0.25, 0.3) is 0 Å². The first-order valence-electron chi connectivity index (χ1n) is 5.74. The van der Waals surface area contributed by atoms with Gasteiger partial charge in [-0.3, -0.25) is 0 Å². The second-order valence-corrected chi connectivity index (χ2v) is 4.05. The smallest absolute Gasteiger partial charge is 0.0720 e. The topological polar surface area (TPSA) is 20.2 Å². The molecule has 1 aliphatic carbocycles. The van der Waals surface area contributed by atoms with Crippen LogP contribution in [-0.4, -0.2) is 11.2 Å². The third-order valence-corrected chi connectivity index (χ3v) is 2.73. The second kappa shape index (κ2) is 7.14. The Morgan fingerprint density at radius 3 is 2.23 bits per heavy atom. The molecular weight excluding hydrogens is 160 g/mol. The summed E-state index contributed by atoms with van der Waals surface area (Å²) < 4.78 is 0. The van der Waals surface area contributed by atoms with Crippen LogP contribution in [-0.2, 0) is 0 Å². The van der Waals surface area contributed by atoms with Gasteiger partial charge in [0.2, 0.25) is 0 Å². The summed E-state index contributed by atoms with van der Waals surface area (Å²) in [5.74, 6) is 0. The van der Waals surface area contributed by atoms with Crippen molar-refractivity contribution in [2.75, 3.05) is 0 Å². The molecule has 1 N–H and O–H groups in total. The minimum absolute atomic E-state index is 0.181. The Labute approximate surface area is 81.9 Å². The number of aliphatic hydroxyl groups excluding tert-OH is 1. The third kappa shape index (κ3) is 5.87. The van der Waals surface area contributed by atoms with Gasteiger partial charge in [-0.15, -0.1) is 0 Å². The van der Waals surface area contributed by atoms with Gasteiger partial charge in [-0.2, -0.15) is 0 Å².